The van der Waals surface area contributed by atoms with E-state index in [0.717, 1.165) is 5.39 Å². The van der Waals surface area contributed by atoms with Gasteiger partial charge in [-0.1, -0.05) is 0 Å². The lowest BCUT2D eigenvalue weighted by atomic mass is 10.3. The number of hydrogen-bond donors (Lipinski definition) is 1. The van der Waals surface area contributed by atoms with Crippen molar-refractivity contribution in [3.63, 3.8) is 0 Å². The fourth-order valence-electron chi connectivity index (χ4n) is 1.40. The molecule has 0 aromatic carbocycles. The molecule has 2 rings (SSSR count). The molecular weight excluding hydrogens is 182 g/mol. The van der Waals surface area contributed by atoms with Crippen LogP contribution in [0.5, 0.6) is 0 Å². The highest BCUT2D eigenvalue weighted by molar-refractivity contribution is 5.93. The Morgan fingerprint density at radius 2 is 2.29 bits per heavy atom. The predicted octanol–water partition coefficient (Wildman–Crippen LogP) is 0.975. The van der Waals surface area contributed by atoms with Crippen LogP contribution in [0.25, 0.3) is 11.0 Å². The van der Waals surface area contributed by atoms with Gasteiger partial charge in [0, 0.05) is 18.6 Å². The predicted molar refractivity (Wildman–Crippen MR) is 50.2 cm³/mol. The van der Waals surface area contributed by atoms with Crippen LogP contribution < -0.4 is 0 Å². The minimum atomic E-state index is -0.955. The Bertz CT molecular complexity index is 516. The average Bonchev–Trinajstić information content (AvgIpc) is 2.44. The third kappa shape index (κ3) is 1.14. The third-order valence-electron chi connectivity index (χ3n) is 2.11. The molecule has 0 amide bonds. The highest BCUT2D eigenvalue weighted by Gasteiger charge is 2.12. The molecule has 2 aromatic rings. The SMILES string of the molecule is Cc1ncc2cc(C(=O)O)n(C)c2n1. The summed E-state index contributed by atoms with van der Waals surface area (Å²) in [5, 5.41) is 9.61. The number of fused-ring (bicyclic) bond motifs is 1. The smallest absolute Gasteiger partial charge is 0.352 e. The molecule has 0 saturated heterocycles. The first-order valence-electron chi connectivity index (χ1n) is 4.12. The van der Waals surface area contributed by atoms with Crippen LogP contribution in [0.1, 0.15) is 16.3 Å². The van der Waals surface area contributed by atoms with Gasteiger partial charge in [0.2, 0.25) is 0 Å². The standard InChI is InChI=1S/C9H9N3O2/c1-5-10-4-6-3-7(9(13)14)12(2)8(6)11-5/h3-4H,1-2H3,(H,13,14). The summed E-state index contributed by atoms with van der Waals surface area (Å²) in [6, 6.07) is 1.57. The van der Waals surface area contributed by atoms with E-state index in [-0.39, 0.29) is 5.69 Å². The summed E-state index contributed by atoms with van der Waals surface area (Å²) >= 11 is 0. The minimum absolute atomic E-state index is 0.222. The Labute approximate surface area is 80.0 Å². The van der Waals surface area contributed by atoms with Gasteiger partial charge in [-0.3, -0.25) is 0 Å². The Balaban J connectivity index is 2.80. The van der Waals surface area contributed by atoms with E-state index < -0.39 is 5.97 Å². The van der Waals surface area contributed by atoms with Gasteiger partial charge < -0.3 is 9.67 Å². The van der Waals surface area contributed by atoms with Crippen LogP contribution in [-0.2, 0) is 7.05 Å². The van der Waals surface area contributed by atoms with Gasteiger partial charge >= 0.3 is 5.97 Å². The Kier molecular flexibility index (Phi) is 1.73. The Hall–Kier alpha value is -1.91. The van der Waals surface area contributed by atoms with Gasteiger partial charge in [0.1, 0.15) is 17.2 Å². The molecule has 0 spiro atoms. The van der Waals surface area contributed by atoms with Crippen LogP contribution in [-0.4, -0.2) is 25.6 Å². The van der Waals surface area contributed by atoms with Gasteiger partial charge in [-0.2, -0.15) is 0 Å². The molecule has 2 heterocycles. The van der Waals surface area contributed by atoms with Gasteiger partial charge in [0.25, 0.3) is 0 Å². The number of aryl methyl sites for hydroxylation is 2. The fourth-order valence-corrected chi connectivity index (χ4v) is 1.40. The number of carbonyl (C=O) groups is 1. The van der Waals surface area contributed by atoms with Crippen molar-refractivity contribution < 1.29 is 9.90 Å². The van der Waals surface area contributed by atoms with E-state index >= 15 is 0 Å². The lowest BCUT2D eigenvalue weighted by molar-refractivity contribution is 0.0687. The number of aromatic nitrogens is 3. The first-order chi connectivity index (χ1) is 6.59. The summed E-state index contributed by atoms with van der Waals surface area (Å²) in [5.41, 5.74) is 0.870. The zero-order valence-corrected chi connectivity index (χ0v) is 7.85. The molecule has 0 fully saturated rings. The first kappa shape index (κ1) is 8.68. The topological polar surface area (TPSA) is 68.0 Å². The van der Waals surface area contributed by atoms with Gasteiger partial charge in [0.05, 0.1) is 0 Å². The normalized spacial score (nSPS) is 10.7. The van der Waals surface area contributed by atoms with E-state index in [1.165, 1.54) is 0 Å². The molecule has 1 N–H and O–H groups in total. The van der Waals surface area contributed by atoms with Gasteiger partial charge in [0.15, 0.2) is 0 Å². The number of aromatic carboxylic acids is 1. The van der Waals surface area contributed by atoms with Crippen molar-refractivity contribution in [2.24, 2.45) is 7.05 Å². The highest BCUT2D eigenvalue weighted by atomic mass is 16.4. The van der Waals surface area contributed by atoms with Crippen LogP contribution in [0.3, 0.4) is 0 Å². The van der Waals surface area contributed by atoms with Crippen molar-refractivity contribution in [3.8, 4) is 0 Å². The zero-order chi connectivity index (χ0) is 10.3. The summed E-state index contributed by atoms with van der Waals surface area (Å²) in [7, 11) is 1.68. The summed E-state index contributed by atoms with van der Waals surface area (Å²) < 4.78 is 1.55. The van der Waals surface area contributed by atoms with Crippen molar-refractivity contribution in [1.29, 1.82) is 0 Å². The second-order valence-corrected chi connectivity index (χ2v) is 3.09. The lowest BCUT2D eigenvalue weighted by Crippen LogP contribution is -2.04. The summed E-state index contributed by atoms with van der Waals surface area (Å²) in [6.45, 7) is 1.77. The van der Waals surface area contributed by atoms with Crippen LogP contribution in [0.15, 0.2) is 12.3 Å². The maximum Gasteiger partial charge on any atom is 0.352 e. The van der Waals surface area contributed by atoms with E-state index in [0.29, 0.717) is 11.5 Å². The zero-order valence-electron chi connectivity index (χ0n) is 7.85. The number of rotatable bonds is 1. The van der Waals surface area contributed by atoms with Crippen molar-refractivity contribution in [2.45, 2.75) is 6.92 Å². The molecule has 0 saturated carbocycles. The van der Waals surface area contributed by atoms with Gasteiger partial charge in [-0.15, -0.1) is 0 Å². The van der Waals surface area contributed by atoms with E-state index in [1.807, 2.05) is 0 Å². The molecule has 5 nitrogen and oxygen atoms in total. The maximum atomic E-state index is 10.8. The van der Waals surface area contributed by atoms with Crippen LogP contribution >= 0.6 is 0 Å². The molecule has 0 atom stereocenters. The van der Waals surface area contributed by atoms with Crippen molar-refractivity contribution >= 4 is 17.0 Å². The molecule has 0 unspecified atom stereocenters. The number of carboxylic acid groups (broad SMARTS) is 1. The van der Waals surface area contributed by atoms with E-state index in [2.05, 4.69) is 9.97 Å². The van der Waals surface area contributed by atoms with E-state index in [1.54, 1.807) is 30.8 Å². The summed E-state index contributed by atoms with van der Waals surface area (Å²) in [6.07, 6.45) is 1.63. The molecule has 0 aliphatic heterocycles. The maximum absolute atomic E-state index is 10.8. The minimum Gasteiger partial charge on any atom is -0.477 e. The summed E-state index contributed by atoms with van der Waals surface area (Å²) in [4.78, 5) is 19.0. The Morgan fingerprint density at radius 3 is 2.93 bits per heavy atom. The van der Waals surface area contributed by atoms with Crippen molar-refractivity contribution in [1.82, 2.24) is 14.5 Å². The van der Waals surface area contributed by atoms with E-state index in [9.17, 15) is 4.79 Å². The Morgan fingerprint density at radius 1 is 1.57 bits per heavy atom. The highest BCUT2D eigenvalue weighted by Crippen LogP contribution is 2.15. The molecule has 2 aromatic heterocycles. The molecule has 14 heavy (non-hydrogen) atoms. The molecule has 0 aliphatic carbocycles. The van der Waals surface area contributed by atoms with Crippen LogP contribution in [0, 0.1) is 6.92 Å². The fraction of sp³-hybridized carbons (Fsp3) is 0.222. The van der Waals surface area contributed by atoms with Crippen molar-refractivity contribution in [3.05, 3.63) is 23.8 Å². The quantitative estimate of drug-likeness (QED) is 0.729. The van der Waals surface area contributed by atoms with Crippen molar-refractivity contribution in [2.75, 3.05) is 0 Å². The number of carboxylic acids is 1. The monoisotopic (exact) mass is 191 g/mol. The number of nitrogens with zero attached hydrogens (tertiary/aromatic N) is 3. The third-order valence-corrected chi connectivity index (χ3v) is 2.11. The number of hydrogen-bond acceptors (Lipinski definition) is 3. The molecule has 5 heteroatoms. The van der Waals surface area contributed by atoms with Gasteiger partial charge in [-0.25, -0.2) is 14.8 Å². The largest absolute Gasteiger partial charge is 0.477 e. The first-order valence-corrected chi connectivity index (χ1v) is 4.12. The second kappa shape index (κ2) is 2.80. The summed E-state index contributed by atoms with van der Waals surface area (Å²) in [5.74, 6) is -0.321. The molecule has 72 valence electrons. The molecule has 0 aliphatic rings. The molecule has 0 radical (unpaired) electrons. The molecular formula is C9H9N3O2. The second-order valence-electron chi connectivity index (χ2n) is 3.09. The van der Waals surface area contributed by atoms with Crippen LogP contribution in [0.2, 0.25) is 0 Å². The van der Waals surface area contributed by atoms with E-state index in [4.69, 9.17) is 5.11 Å². The lowest BCUT2D eigenvalue weighted by Gasteiger charge is -1.98. The molecule has 0 bridgehead atoms. The van der Waals surface area contributed by atoms with Gasteiger partial charge in [-0.05, 0) is 13.0 Å². The average molecular weight is 191 g/mol. The van der Waals surface area contributed by atoms with Crippen LogP contribution in [0.4, 0.5) is 0 Å².